The monoisotopic (exact) mass is 462 g/mol. The van der Waals surface area contributed by atoms with Crippen LogP contribution in [0.3, 0.4) is 0 Å². The number of halogens is 1. The molecule has 0 spiro atoms. The molecule has 1 saturated heterocycles. The van der Waals surface area contributed by atoms with E-state index in [-0.39, 0.29) is 24.0 Å². The molecule has 1 heterocycles. The lowest BCUT2D eigenvalue weighted by atomic mass is 10.1. The fourth-order valence-corrected chi connectivity index (χ4v) is 3.98. The molecule has 0 aliphatic carbocycles. The average molecular weight is 462 g/mol. The summed E-state index contributed by atoms with van der Waals surface area (Å²) in [5.41, 5.74) is 1.31. The van der Waals surface area contributed by atoms with Gasteiger partial charge >= 0.3 is 0 Å². The third-order valence-electron chi connectivity index (χ3n) is 4.10. The van der Waals surface area contributed by atoms with Gasteiger partial charge in [-0.25, -0.2) is 0 Å². The van der Waals surface area contributed by atoms with Gasteiger partial charge in [-0.2, -0.15) is 11.8 Å². The predicted octanol–water partition coefficient (Wildman–Crippen LogP) is 3.36. The van der Waals surface area contributed by atoms with Gasteiger partial charge in [-0.3, -0.25) is 4.99 Å². The first kappa shape index (κ1) is 21.6. The molecule has 2 unspecified atom stereocenters. The Hall–Kier alpha value is -0.470. The van der Waals surface area contributed by atoms with Crippen LogP contribution in [0.5, 0.6) is 0 Å². The Bertz CT molecular complexity index is 475. The Morgan fingerprint density at radius 1 is 1.29 bits per heavy atom. The van der Waals surface area contributed by atoms with Crippen molar-refractivity contribution in [2.75, 3.05) is 39.5 Å². The number of aliphatic imine (C=N–C) groups is 1. The molecule has 0 aromatic heterocycles. The van der Waals surface area contributed by atoms with Crippen molar-refractivity contribution in [3.8, 4) is 0 Å². The van der Waals surface area contributed by atoms with Crippen molar-refractivity contribution in [1.82, 2.24) is 15.5 Å². The molecule has 1 fully saturated rings. The summed E-state index contributed by atoms with van der Waals surface area (Å²) in [6, 6.07) is 10.9. The minimum atomic E-state index is 0. The van der Waals surface area contributed by atoms with Gasteiger partial charge in [0, 0.05) is 18.3 Å². The van der Waals surface area contributed by atoms with E-state index in [9.17, 15) is 0 Å². The molecule has 2 rings (SSSR count). The highest BCUT2D eigenvalue weighted by atomic mass is 127. The standard InChI is InChI=1S/C18H30N4S.HI/c1-4-19-18(20-13-16-11-8-12-23-16)21-14-17(22(2)3)15-9-6-5-7-10-15;/h5-7,9-10,16-17H,4,8,11-14H2,1-3H3,(H2,19,20,21);1H. The van der Waals surface area contributed by atoms with E-state index in [4.69, 9.17) is 4.99 Å². The summed E-state index contributed by atoms with van der Waals surface area (Å²) in [5.74, 6) is 2.24. The minimum absolute atomic E-state index is 0. The number of guanidine groups is 1. The Kier molecular flexibility index (Phi) is 10.8. The van der Waals surface area contributed by atoms with Crippen molar-refractivity contribution in [2.45, 2.75) is 31.1 Å². The van der Waals surface area contributed by atoms with Crippen LogP contribution in [-0.4, -0.2) is 55.6 Å². The fraction of sp³-hybridized carbons (Fsp3) is 0.611. The molecule has 2 N–H and O–H groups in total. The minimum Gasteiger partial charge on any atom is -0.357 e. The molecular weight excluding hydrogens is 431 g/mol. The zero-order valence-electron chi connectivity index (χ0n) is 15.0. The molecule has 24 heavy (non-hydrogen) atoms. The van der Waals surface area contributed by atoms with Crippen LogP contribution < -0.4 is 10.6 Å². The van der Waals surface area contributed by atoms with Crippen molar-refractivity contribution in [2.24, 2.45) is 4.99 Å². The predicted molar refractivity (Wildman–Crippen MR) is 118 cm³/mol. The lowest BCUT2D eigenvalue weighted by Crippen LogP contribution is -2.40. The van der Waals surface area contributed by atoms with E-state index in [0.29, 0.717) is 6.04 Å². The third-order valence-corrected chi connectivity index (χ3v) is 5.49. The molecule has 4 nitrogen and oxygen atoms in total. The van der Waals surface area contributed by atoms with Crippen LogP contribution in [-0.2, 0) is 0 Å². The number of nitrogens with zero attached hydrogens (tertiary/aromatic N) is 2. The van der Waals surface area contributed by atoms with E-state index in [2.05, 4.69) is 78.6 Å². The summed E-state index contributed by atoms with van der Waals surface area (Å²) in [6.07, 6.45) is 2.67. The number of hydrogen-bond donors (Lipinski definition) is 2. The van der Waals surface area contributed by atoms with E-state index in [1.165, 1.54) is 24.2 Å². The highest BCUT2D eigenvalue weighted by molar-refractivity contribution is 14.0. The van der Waals surface area contributed by atoms with Gasteiger partial charge in [-0.15, -0.1) is 24.0 Å². The van der Waals surface area contributed by atoms with Gasteiger partial charge in [0.15, 0.2) is 5.96 Å². The largest absolute Gasteiger partial charge is 0.357 e. The van der Waals surface area contributed by atoms with Crippen LogP contribution in [0, 0.1) is 0 Å². The Morgan fingerprint density at radius 3 is 2.62 bits per heavy atom. The maximum Gasteiger partial charge on any atom is 0.191 e. The number of benzene rings is 1. The fourth-order valence-electron chi connectivity index (χ4n) is 2.78. The highest BCUT2D eigenvalue weighted by Gasteiger charge is 2.16. The maximum absolute atomic E-state index is 4.82. The zero-order valence-corrected chi connectivity index (χ0v) is 18.1. The Morgan fingerprint density at radius 2 is 2.04 bits per heavy atom. The number of thioether (sulfide) groups is 1. The normalized spacial score (nSPS) is 19.0. The zero-order chi connectivity index (χ0) is 16.5. The molecule has 1 aromatic carbocycles. The topological polar surface area (TPSA) is 39.7 Å². The molecule has 0 amide bonds. The average Bonchev–Trinajstić information content (AvgIpc) is 3.07. The van der Waals surface area contributed by atoms with Gasteiger partial charge in [0.05, 0.1) is 12.6 Å². The number of hydrogen-bond acceptors (Lipinski definition) is 3. The van der Waals surface area contributed by atoms with Gasteiger partial charge < -0.3 is 15.5 Å². The first-order chi connectivity index (χ1) is 11.2. The molecule has 0 bridgehead atoms. The smallest absolute Gasteiger partial charge is 0.191 e. The Balaban J connectivity index is 0.00000288. The summed E-state index contributed by atoms with van der Waals surface area (Å²) in [5, 5.41) is 7.61. The quantitative estimate of drug-likeness (QED) is 0.371. The summed E-state index contributed by atoms with van der Waals surface area (Å²) < 4.78 is 0. The van der Waals surface area contributed by atoms with Crippen LogP contribution in [0.4, 0.5) is 0 Å². The molecule has 1 aliphatic rings. The van der Waals surface area contributed by atoms with E-state index in [1.54, 1.807) is 0 Å². The third kappa shape index (κ3) is 7.19. The van der Waals surface area contributed by atoms with Crippen molar-refractivity contribution in [3.05, 3.63) is 35.9 Å². The molecule has 1 aromatic rings. The van der Waals surface area contributed by atoms with Gasteiger partial charge in [0.2, 0.25) is 0 Å². The van der Waals surface area contributed by atoms with E-state index in [0.717, 1.165) is 30.8 Å². The first-order valence-corrected chi connectivity index (χ1v) is 9.60. The first-order valence-electron chi connectivity index (χ1n) is 8.56. The highest BCUT2D eigenvalue weighted by Crippen LogP contribution is 2.25. The van der Waals surface area contributed by atoms with Crippen LogP contribution >= 0.6 is 35.7 Å². The van der Waals surface area contributed by atoms with Crippen LogP contribution in [0.1, 0.15) is 31.4 Å². The van der Waals surface area contributed by atoms with E-state index < -0.39 is 0 Å². The molecular formula is C18H31IN4S. The molecule has 2 atom stereocenters. The lowest BCUT2D eigenvalue weighted by Gasteiger charge is -2.24. The van der Waals surface area contributed by atoms with Crippen molar-refractivity contribution >= 4 is 41.7 Å². The Labute approximate surface area is 168 Å². The summed E-state index contributed by atoms with van der Waals surface area (Å²) in [7, 11) is 4.23. The van der Waals surface area contributed by atoms with Crippen LogP contribution in [0.2, 0.25) is 0 Å². The molecule has 6 heteroatoms. The molecule has 0 saturated carbocycles. The van der Waals surface area contributed by atoms with Crippen molar-refractivity contribution in [1.29, 1.82) is 0 Å². The second-order valence-corrected chi connectivity index (χ2v) is 7.53. The van der Waals surface area contributed by atoms with Gasteiger partial charge in [-0.1, -0.05) is 30.3 Å². The van der Waals surface area contributed by atoms with Crippen molar-refractivity contribution < 1.29 is 0 Å². The maximum atomic E-state index is 4.82. The van der Waals surface area contributed by atoms with Gasteiger partial charge in [-0.05, 0) is 45.2 Å². The molecule has 136 valence electrons. The van der Waals surface area contributed by atoms with Crippen LogP contribution in [0.15, 0.2) is 35.3 Å². The van der Waals surface area contributed by atoms with Crippen LogP contribution in [0.25, 0.3) is 0 Å². The molecule has 0 radical (unpaired) electrons. The van der Waals surface area contributed by atoms with Gasteiger partial charge in [0.1, 0.15) is 0 Å². The summed E-state index contributed by atoms with van der Waals surface area (Å²) >= 11 is 2.08. The van der Waals surface area contributed by atoms with Gasteiger partial charge in [0.25, 0.3) is 0 Å². The van der Waals surface area contributed by atoms with E-state index in [1.807, 2.05) is 0 Å². The number of rotatable bonds is 7. The summed E-state index contributed by atoms with van der Waals surface area (Å²) in [4.78, 5) is 7.05. The number of likely N-dealkylation sites (N-methyl/N-ethyl adjacent to an activating group) is 1. The second-order valence-electron chi connectivity index (χ2n) is 6.13. The second kappa shape index (κ2) is 12.0. The van der Waals surface area contributed by atoms with Crippen molar-refractivity contribution in [3.63, 3.8) is 0 Å². The summed E-state index contributed by atoms with van der Waals surface area (Å²) in [6.45, 7) is 4.77. The molecule has 1 aliphatic heterocycles. The van der Waals surface area contributed by atoms with E-state index >= 15 is 0 Å². The lowest BCUT2D eigenvalue weighted by molar-refractivity contribution is 0.306. The number of nitrogens with one attached hydrogen (secondary N) is 2. The SMILES string of the molecule is CCNC(=NCC(c1ccccc1)N(C)C)NCC1CCCS1.I.